The van der Waals surface area contributed by atoms with Gasteiger partial charge in [0.05, 0.1) is 10.2 Å². The van der Waals surface area contributed by atoms with Gasteiger partial charge in [-0.05, 0) is 28.9 Å². The molecule has 0 aliphatic rings. The number of anilines is 1. The molecule has 0 saturated carbocycles. The summed E-state index contributed by atoms with van der Waals surface area (Å²) in [6.07, 6.45) is 0. The van der Waals surface area contributed by atoms with Crippen LogP contribution in [0.25, 0.3) is 11.4 Å². The zero-order valence-corrected chi connectivity index (χ0v) is 11.7. The maximum Gasteiger partial charge on any atom is 0.162 e. The van der Waals surface area contributed by atoms with Gasteiger partial charge < -0.3 is 5.73 Å². The Kier molecular flexibility index (Phi) is 3.25. The van der Waals surface area contributed by atoms with E-state index in [1.807, 2.05) is 31.2 Å². The smallest absolute Gasteiger partial charge is 0.162 e. The van der Waals surface area contributed by atoms with E-state index in [4.69, 9.17) is 5.73 Å². The summed E-state index contributed by atoms with van der Waals surface area (Å²) in [5.74, 6) is 1.09. The average molecular weight is 343 g/mol. The van der Waals surface area contributed by atoms with Gasteiger partial charge >= 0.3 is 0 Å². The SMILES string of the molecule is Cc1nc(-c2ccccc2Br)nc(N)c1Br. The lowest BCUT2D eigenvalue weighted by atomic mass is 10.2. The minimum Gasteiger partial charge on any atom is -0.383 e. The molecule has 2 aromatic rings. The molecule has 0 bridgehead atoms. The van der Waals surface area contributed by atoms with Crippen LogP contribution in [-0.2, 0) is 0 Å². The monoisotopic (exact) mass is 341 g/mol. The van der Waals surface area contributed by atoms with E-state index < -0.39 is 0 Å². The van der Waals surface area contributed by atoms with E-state index in [0.29, 0.717) is 11.6 Å². The third-order valence-corrected chi connectivity index (χ3v) is 3.83. The fraction of sp³-hybridized carbons (Fsp3) is 0.0909. The molecule has 0 atom stereocenters. The fourth-order valence-electron chi connectivity index (χ4n) is 1.34. The van der Waals surface area contributed by atoms with E-state index in [9.17, 15) is 0 Å². The van der Waals surface area contributed by atoms with Crippen LogP contribution in [-0.4, -0.2) is 9.97 Å². The van der Waals surface area contributed by atoms with Crippen LogP contribution in [0.4, 0.5) is 5.82 Å². The van der Waals surface area contributed by atoms with Gasteiger partial charge in [-0.2, -0.15) is 0 Å². The average Bonchev–Trinajstić information content (AvgIpc) is 2.26. The van der Waals surface area contributed by atoms with Crippen molar-refractivity contribution >= 4 is 37.7 Å². The first-order valence-electron chi connectivity index (χ1n) is 4.64. The molecule has 0 aliphatic heterocycles. The van der Waals surface area contributed by atoms with Crippen molar-refractivity contribution in [1.82, 2.24) is 9.97 Å². The lowest BCUT2D eigenvalue weighted by molar-refractivity contribution is 1.10. The van der Waals surface area contributed by atoms with Crippen molar-refractivity contribution < 1.29 is 0 Å². The maximum atomic E-state index is 5.80. The highest BCUT2D eigenvalue weighted by molar-refractivity contribution is 9.11. The van der Waals surface area contributed by atoms with Crippen LogP contribution < -0.4 is 5.73 Å². The molecule has 0 fully saturated rings. The van der Waals surface area contributed by atoms with Crippen molar-refractivity contribution in [2.45, 2.75) is 6.92 Å². The quantitative estimate of drug-likeness (QED) is 0.862. The number of rotatable bonds is 1. The van der Waals surface area contributed by atoms with Crippen LogP contribution in [0.3, 0.4) is 0 Å². The molecule has 1 aromatic carbocycles. The molecular weight excluding hydrogens is 334 g/mol. The number of nitrogens with two attached hydrogens (primary N) is 1. The largest absolute Gasteiger partial charge is 0.383 e. The van der Waals surface area contributed by atoms with Crippen molar-refractivity contribution in [2.75, 3.05) is 5.73 Å². The first kappa shape index (κ1) is 11.5. The number of hydrogen-bond acceptors (Lipinski definition) is 3. The number of halogens is 2. The minimum absolute atomic E-state index is 0.457. The summed E-state index contributed by atoms with van der Waals surface area (Å²) >= 11 is 6.81. The van der Waals surface area contributed by atoms with Gasteiger partial charge in [0.15, 0.2) is 5.82 Å². The highest BCUT2D eigenvalue weighted by Gasteiger charge is 2.10. The highest BCUT2D eigenvalue weighted by Crippen LogP contribution is 2.28. The standard InChI is InChI=1S/C11H9Br2N3/c1-6-9(13)10(14)16-11(15-6)7-4-2-3-5-8(7)12/h2-5H,1H3,(H2,14,15,16). The van der Waals surface area contributed by atoms with Gasteiger partial charge in [-0.15, -0.1) is 0 Å². The van der Waals surface area contributed by atoms with Gasteiger partial charge in [-0.3, -0.25) is 0 Å². The lowest BCUT2D eigenvalue weighted by Gasteiger charge is -2.07. The third kappa shape index (κ3) is 2.10. The number of aryl methyl sites for hydroxylation is 1. The maximum absolute atomic E-state index is 5.80. The summed E-state index contributed by atoms with van der Waals surface area (Å²) in [6, 6.07) is 7.79. The molecular formula is C11H9Br2N3. The van der Waals surface area contributed by atoms with Crippen LogP contribution >= 0.6 is 31.9 Å². The van der Waals surface area contributed by atoms with Crippen LogP contribution in [0.2, 0.25) is 0 Å². The van der Waals surface area contributed by atoms with Gasteiger partial charge in [0.1, 0.15) is 5.82 Å². The Hall–Kier alpha value is -0.940. The second kappa shape index (κ2) is 4.51. The number of nitrogen functional groups attached to an aromatic ring is 1. The first-order valence-corrected chi connectivity index (χ1v) is 6.22. The van der Waals surface area contributed by atoms with E-state index in [1.54, 1.807) is 0 Å². The predicted octanol–water partition coefficient (Wildman–Crippen LogP) is 3.56. The topological polar surface area (TPSA) is 51.8 Å². The Morgan fingerprint density at radius 1 is 1.12 bits per heavy atom. The van der Waals surface area contributed by atoms with E-state index in [-0.39, 0.29) is 0 Å². The Labute approximate surface area is 110 Å². The second-order valence-corrected chi connectivity index (χ2v) is 4.96. The summed E-state index contributed by atoms with van der Waals surface area (Å²) in [5.41, 5.74) is 7.56. The van der Waals surface area contributed by atoms with Crippen LogP contribution in [0.1, 0.15) is 5.69 Å². The van der Waals surface area contributed by atoms with Gasteiger partial charge in [0.2, 0.25) is 0 Å². The van der Waals surface area contributed by atoms with Crippen molar-refractivity contribution in [1.29, 1.82) is 0 Å². The summed E-state index contributed by atoms with van der Waals surface area (Å²) < 4.78 is 1.71. The fourth-order valence-corrected chi connectivity index (χ4v) is 1.98. The molecule has 5 heteroatoms. The molecule has 0 radical (unpaired) electrons. The van der Waals surface area contributed by atoms with Gasteiger partial charge in [0.25, 0.3) is 0 Å². The Morgan fingerprint density at radius 3 is 2.44 bits per heavy atom. The number of benzene rings is 1. The molecule has 0 amide bonds. The zero-order valence-electron chi connectivity index (χ0n) is 8.54. The molecule has 16 heavy (non-hydrogen) atoms. The molecule has 0 unspecified atom stereocenters. The first-order chi connectivity index (χ1) is 7.59. The lowest BCUT2D eigenvalue weighted by Crippen LogP contribution is -2.00. The Morgan fingerprint density at radius 2 is 1.81 bits per heavy atom. The van der Waals surface area contributed by atoms with Crippen molar-refractivity contribution in [3.63, 3.8) is 0 Å². The number of nitrogens with zero attached hydrogens (tertiary/aromatic N) is 2. The molecule has 1 heterocycles. The van der Waals surface area contributed by atoms with Gasteiger partial charge in [0, 0.05) is 10.0 Å². The molecule has 82 valence electrons. The summed E-state index contributed by atoms with van der Waals surface area (Å²) in [7, 11) is 0. The van der Waals surface area contributed by atoms with Crippen LogP contribution in [0.15, 0.2) is 33.2 Å². The third-order valence-electron chi connectivity index (χ3n) is 2.16. The van der Waals surface area contributed by atoms with Crippen molar-refractivity contribution in [2.24, 2.45) is 0 Å². The van der Waals surface area contributed by atoms with E-state index in [0.717, 1.165) is 20.2 Å². The molecule has 2 N–H and O–H groups in total. The molecule has 0 aliphatic carbocycles. The molecule has 0 spiro atoms. The van der Waals surface area contributed by atoms with Crippen molar-refractivity contribution in [3.05, 3.63) is 38.9 Å². The molecule has 3 nitrogen and oxygen atoms in total. The Bertz CT molecular complexity index is 517. The Balaban J connectivity index is 2.62. The highest BCUT2D eigenvalue weighted by atomic mass is 79.9. The predicted molar refractivity (Wildman–Crippen MR) is 72.0 cm³/mol. The number of aromatic nitrogens is 2. The normalized spacial score (nSPS) is 10.4. The van der Waals surface area contributed by atoms with E-state index in [1.165, 1.54) is 0 Å². The summed E-state index contributed by atoms with van der Waals surface area (Å²) in [6.45, 7) is 1.89. The van der Waals surface area contributed by atoms with E-state index in [2.05, 4.69) is 41.8 Å². The van der Waals surface area contributed by atoms with Crippen molar-refractivity contribution in [3.8, 4) is 11.4 Å². The molecule has 0 saturated heterocycles. The summed E-state index contributed by atoms with van der Waals surface area (Å²) in [5, 5.41) is 0. The zero-order chi connectivity index (χ0) is 11.7. The van der Waals surface area contributed by atoms with E-state index >= 15 is 0 Å². The van der Waals surface area contributed by atoms with Crippen LogP contribution in [0, 0.1) is 6.92 Å². The van der Waals surface area contributed by atoms with Crippen LogP contribution in [0.5, 0.6) is 0 Å². The van der Waals surface area contributed by atoms with Gasteiger partial charge in [-0.25, -0.2) is 9.97 Å². The number of hydrogen-bond donors (Lipinski definition) is 1. The second-order valence-electron chi connectivity index (χ2n) is 3.31. The molecule has 2 rings (SSSR count). The van der Waals surface area contributed by atoms with Gasteiger partial charge in [-0.1, -0.05) is 34.1 Å². The molecule has 1 aromatic heterocycles. The minimum atomic E-state index is 0.457. The summed E-state index contributed by atoms with van der Waals surface area (Å²) in [4.78, 5) is 8.65.